The number of H-pyrrole nitrogens is 1. The third-order valence-corrected chi connectivity index (χ3v) is 7.78. The van der Waals surface area contributed by atoms with Crippen LogP contribution in [0.2, 0.25) is 0 Å². The van der Waals surface area contributed by atoms with E-state index in [1.165, 1.54) is 38.8 Å². The SMILES string of the molecule is Nc1ccc2c(c1)CCCC(c1cccc3[nH]ccc13)=C2c1ccc(O[C@H]2CCN(CCCF)C2)cc1. The highest BCUT2D eigenvalue weighted by atomic mass is 19.1. The van der Waals surface area contributed by atoms with Gasteiger partial charge in [-0.05, 0) is 102 Å². The standard InChI is InChI=1S/C32H34FN3O/c33-16-3-18-36-19-15-26(21-36)37-25-11-8-22(9-12-25)32-27-13-10-24(34)20-23(27)4-1-6-30(32)28-5-2-7-31-29(28)14-17-35-31/h2,5,7-14,17,20,26,35H,1,3-4,6,15-16,18-19,21,34H2/t26-/m0/s1. The number of alkyl halides is 1. The van der Waals surface area contributed by atoms with E-state index in [9.17, 15) is 4.39 Å². The number of likely N-dealkylation sites (tertiary alicyclic amines) is 1. The maximum absolute atomic E-state index is 12.5. The number of nitrogens with two attached hydrogens (primary N) is 1. The average Bonchev–Trinajstić information content (AvgIpc) is 3.54. The molecule has 1 fully saturated rings. The maximum Gasteiger partial charge on any atom is 0.119 e. The van der Waals surface area contributed by atoms with Crippen molar-refractivity contribution in [3.63, 3.8) is 0 Å². The molecule has 6 rings (SSSR count). The molecular formula is C32H34FN3O. The van der Waals surface area contributed by atoms with E-state index in [0.717, 1.165) is 62.3 Å². The number of rotatable bonds is 7. The van der Waals surface area contributed by atoms with E-state index < -0.39 is 0 Å². The van der Waals surface area contributed by atoms with E-state index in [1.807, 2.05) is 12.3 Å². The van der Waals surface area contributed by atoms with Gasteiger partial charge in [-0.25, -0.2) is 0 Å². The number of nitrogens with zero attached hydrogens (tertiary/aromatic N) is 1. The van der Waals surface area contributed by atoms with Gasteiger partial charge >= 0.3 is 0 Å². The van der Waals surface area contributed by atoms with Crippen LogP contribution >= 0.6 is 0 Å². The monoisotopic (exact) mass is 495 g/mol. The normalized spacial score (nSPS) is 18.2. The summed E-state index contributed by atoms with van der Waals surface area (Å²) in [6, 6.07) is 23.7. The number of nitrogen functional groups attached to an aromatic ring is 1. The first-order chi connectivity index (χ1) is 18.2. The van der Waals surface area contributed by atoms with Crippen LogP contribution in [0.4, 0.5) is 10.1 Å². The highest BCUT2D eigenvalue weighted by Crippen LogP contribution is 2.42. The van der Waals surface area contributed by atoms with Crippen LogP contribution in [-0.4, -0.2) is 42.3 Å². The second kappa shape index (κ2) is 10.4. The Morgan fingerprint density at radius 2 is 1.89 bits per heavy atom. The number of halogens is 1. The Bertz CT molecular complexity index is 1420. The van der Waals surface area contributed by atoms with Crippen molar-refractivity contribution in [2.75, 3.05) is 32.0 Å². The molecule has 1 atom stereocenters. The lowest BCUT2D eigenvalue weighted by Crippen LogP contribution is -2.26. The molecule has 1 aliphatic heterocycles. The van der Waals surface area contributed by atoms with Crippen molar-refractivity contribution in [3.8, 4) is 5.75 Å². The van der Waals surface area contributed by atoms with Gasteiger partial charge in [0.2, 0.25) is 0 Å². The van der Waals surface area contributed by atoms with Crippen molar-refractivity contribution in [2.45, 2.75) is 38.2 Å². The molecule has 4 aromatic rings. The number of ether oxygens (including phenoxy) is 1. The maximum atomic E-state index is 12.5. The molecule has 5 heteroatoms. The molecule has 0 spiro atoms. The number of benzene rings is 3. The van der Waals surface area contributed by atoms with Crippen molar-refractivity contribution < 1.29 is 9.13 Å². The van der Waals surface area contributed by atoms with Gasteiger partial charge in [-0.1, -0.05) is 30.3 Å². The van der Waals surface area contributed by atoms with Crippen LogP contribution in [-0.2, 0) is 6.42 Å². The molecule has 1 aromatic heterocycles. The van der Waals surface area contributed by atoms with Crippen LogP contribution < -0.4 is 10.5 Å². The molecule has 1 aliphatic carbocycles. The quantitative estimate of drug-likeness (QED) is 0.276. The fraction of sp³-hybridized carbons (Fsp3) is 0.312. The lowest BCUT2D eigenvalue weighted by Gasteiger charge is -2.19. The summed E-state index contributed by atoms with van der Waals surface area (Å²) in [7, 11) is 0. The molecule has 2 aliphatic rings. The average molecular weight is 496 g/mol. The van der Waals surface area contributed by atoms with Crippen LogP contribution in [0.1, 0.15) is 47.9 Å². The molecule has 190 valence electrons. The number of fused-ring (bicyclic) bond motifs is 2. The zero-order valence-electron chi connectivity index (χ0n) is 21.2. The summed E-state index contributed by atoms with van der Waals surface area (Å²) in [6.07, 6.45) is 6.86. The molecular weight excluding hydrogens is 461 g/mol. The smallest absolute Gasteiger partial charge is 0.119 e. The minimum atomic E-state index is -0.254. The Labute approximate surface area is 217 Å². The van der Waals surface area contributed by atoms with Crippen LogP contribution in [0.5, 0.6) is 5.75 Å². The second-order valence-electron chi connectivity index (χ2n) is 10.3. The van der Waals surface area contributed by atoms with Crippen LogP contribution in [0.15, 0.2) is 72.9 Å². The summed E-state index contributed by atoms with van der Waals surface area (Å²) in [6.45, 7) is 2.40. The Balaban J connectivity index is 1.37. The number of aromatic amines is 1. The highest BCUT2D eigenvalue weighted by Gasteiger charge is 2.24. The van der Waals surface area contributed by atoms with Gasteiger partial charge in [-0.3, -0.25) is 9.29 Å². The van der Waals surface area contributed by atoms with Crippen molar-refractivity contribution in [3.05, 3.63) is 95.2 Å². The van der Waals surface area contributed by atoms with E-state index in [1.54, 1.807) is 0 Å². The minimum Gasteiger partial charge on any atom is -0.489 e. The van der Waals surface area contributed by atoms with Gasteiger partial charge in [0.05, 0.1) is 6.67 Å². The summed E-state index contributed by atoms with van der Waals surface area (Å²) < 4.78 is 18.9. The number of nitrogens with one attached hydrogen (secondary N) is 1. The number of anilines is 1. The number of hydrogen-bond acceptors (Lipinski definition) is 3. The van der Waals surface area contributed by atoms with Crippen LogP contribution in [0, 0.1) is 0 Å². The van der Waals surface area contributed by atoms with Gasteiger partial charge in [0.1, 0.15) is 11.9 Å². The number of aromatic nitrogens is 1. The largest absolute Gasteiger partial charge is 0.489 e. The zero-order chi connectivity index (χ0) is 25.2. The topological polar surface area (TPSA) is 54.3 Å². The van der Waals surface area contributed by atoms with E-state index in [-0.39, 0.29) is 12.8 Å². The van der Waals surface area contributed by atoms with Crippen molar-refractivity contribution in [1.29, 1.82) is 0 Å². The van der Waals surface area contributed by atoms with Crippen molar-refractivity contribution in [1.82, 2.24) is 9.88 Å². The van der Waals surface area contributed by atoms with Gasteiger partial charge in [-0.2, -0.15) is 0 Å². The Hall–Kier alpha value is -3.57. The number of allylic oxidation sites excluding steroid dienone is 1. The second-order valence-corrected chi connectivity index (χ2v) is 10.3. The summed E-state index contributed by atoms with van der Waals surface area (Å²) >= 11 is 0. The summed E-state index contributed by atoms with van der Waals surface area (Å²) in [5.74, 6) is 0.891. The molecule has 1 saturated heterocycles. The lowest BCUT2D eigenvalue weighted by atomic mass is 9.87. The molecule has 0 amide bonds. The summed E-state index contributed by atoms with van der Waals surface area (Å²) in [5.41, 5.74) is 15.9. The predicted molar refractivity (Wildman–Crippen MR) is 151 cm³/mol. The first-order valence-electron chi connectivity index (χ1n) is 13.4. The number of aryl methyl sites for hydroxylation is 1. The minimum absolute atomic E-state index is 0.160. The highest BCUT2D eigenvalue weighted by molar-refractivity contribution is 6.05. The Morgan fingerprint density at radius 3 is 2.76 bits per heavy atom. The molecule has 0 radical (unpaired) electrons. The van der Waals surface area contributed by atoms with Gasteiger partial charge in [0.15, 0.2) is 0 Å². The number of hydrogen-bond donors (Lipinski definition) is 2. The molecule has 0 unspecified atom stereocenters. The molecule has 0 saturated carbocycles. The van der Waals surface area contributed by atoms with E-state index in [2.05, 4.69) is 70.5 Å². The predicted octanol–water partition coefficient (Wildman–Crippen LogP) is 6.86. The molecule has 3 aromatic carbocycles. The van der Waals surface area contributed by atoms with E-state index in [4.69, 9.17) is 10.5 Å². The van der Waals surface area contributed by atoms with Crippen molar-refractivity contribution in [2.24, 2.45) is 0 Å². The van der Waals surface area contributed by atoms with Gasteiger partial charge in [0, 0.05) is 42.4 Å². The Kier molecular flexibility index (Phi) is 6.71. The third kappa shape index (κ3) is 4.88. The molecule has 4 nitrogen and oxygen atoms in total. The third-order valence-electron chi connectivity index (χ3n) is 7.78. The van der Waals surface area contributed by atoms with Gasteiger partial charge < -0.3 is 15.5 Å². The molecule has 37 heavy (non-hydrogen) atoms. The molecule has 2 heterocycles. The Morgan fingerprint density at radius 1 is 1.00 bits per heavy atom. The molecule has 0 bridgehead atoms. The summed E-state index contributed by atoms with van der Waals surface area (Å²) in [5, 5.41) is 1.26. The van der Waals surface area contributed by atoms with Gasteiger partial charge in [-0.15, -0.1) is 0 Å². The van der Waals surface area contributed by atoms with Crippen LogP contribution in [0.25, 0.3) is 22.0 Å². The molecule has 3 N–H and O–H groups in total. The van der Waals surface area contributed by atoms with E-state index in [0.29, 0.717) is 6.42 Å². The van der Waals surface area contributed by atoms with Crippen molar-refractivity contribution >= 4 is 27.7 Å². The fourth-order valence-electron chi connectivity index (χ4n) is 6.03. The van der Waals surface area contributed by atoms with E-state index >= 15 is 0 Å². The first-order valence-corrected chi connectivity index (χ1v) is 13.4. The van der Waals surface area contributed by atoms with Gasteiger partial charge in [0.25, 0.3) is 0 Å². The first kappa shape index (κ1) is 23.8. The fourth-order valence-corrected chi connectivity index (χ4v) is 6.03. The summed E-state index contributed by atoms with van der Waals surface area (Å²) in [4.78, 5) is 5.67. The lowest BCUT2D eigenvalue weighted by molar-refractivity contribution is 0.198. The van der Waals surface area contributed by atoms with Crippen LogP contribution in [0.3, 0.4) is 0 Å². The zero-order valence-corrected chi connectivity index (χ0v) is 21.2.